The van der Waals surface area contributed by atoms with Crippen LogP contribution < -0.4 is 0 Å². The van der Waals surface area contributed by atoms with Crippen LogP contribution in [0.1, 0.15) is 32.6 Å². The van der Waals surface area contributed by atoms with Crippen molar-refractivity contribution in [1.29, 1.82) is 0 Å². The lowest BCUT2D eigenvalue weighted by molar-refractivity contribution is 0.961. The Kier molecular flexibility index (Phi) is 3.50. The Balaban J connectivity index is 2.31. The molecule has 60 valence electrons. The molecule has 1 aliphatic carbocycles. The van der Waals surface area contributed by atoms with Crippen LogP contribution in [0.4, 0.5) is 0 Å². The van der Waals surface area contributed by atoms with Crippen LogP contribution in [0.25, 0.3) is 0 Å². The molecule has 0 N–H and O–H groups in total. The maximum atomic E-state index is 5.01. The summed E-state index contributed by atoms with van der Waals surface area (Å²) in [4.78, 5) is 1.12. The minimum atomic E-state index is 1.06. The van der Waals surface area contributed by atoms with E-state index in [0.717, 1.165) is 17.7 Å². The highest BCUT2D eigenvalue weighted by Crippen LogP contribution is 2.14. The third kappa shape index (κ3) is 3.47. The Morgan fingerprint density at radius 2 is 2.36 bits per heavy atom. The van der Waals surface area contributed by atoms with Crippen LogP contribution in [0.2, 0.25) is 0 Å². The molecular formula is C10H14S. The zero-order valence-corrected chi connectivity index (χ0v) is 7.79. The Hall–Kier alpha value is -0.430. The Morgan fingerprint density at radius 3 is 2.91 bits per heavy atom. The molecule has 0 nitrogen and oxygen atoms in total. The number of allylic oxidation sites excluding steroid dienone is 4. The summed E-state index contributed by atoms with van der Waals surface area (Å²) in [6.45, 7) is 2.02. The van der Waals surface area contributed by atoms with E-state index in [9.17, 15) is 0 Å². The van der Waals surface area contributed by atoms with Crippen LogP contribution >= 0.6 is 12.2 Å². The van der Waals surface area contributed by atoms with E-state index in [4.69, 9.17) is 12.2 Å². The summed E-state index contributed by atoms with van der Waals surface area (Å²) in [5, 5.41) is 0. The summed E-state index contributed by atoms with van der Waals surface area (Å²) in [5.41, 5.74) is 1.46. The predicted octanol–water partition coefficient (Wildman–Crippen LogP) is 3.43. The fourth-order valence-electron chi connectivity index (χ4n) is 1.17. The SMILES string of the molecule is CC(=S)CCC1=CCCC=C1. The first-order chi connectivity index (χ1) is 5.29. The predicted molar refractivity (Wildman–Crippen MR) is 54.0 cm³/mol. The molecule has 0 unspecified atom stereocenters. The first-order valence-corrected chi connectivity index (χ1v) is 4.55. The molecule has 0 atom stereocenters. The Bertz CT molecular complexity index is 199. The summed E-state index contributed by atoms with van der Waals surface area (Å²) < 4.78 is 0. The molecular weight excluding hydrogens is 152 g/mol. The third-order valence-corrected chi connectivity index (χ3v) is 2.04. The largest absolute Gasteiger partial charge is 0.0900 e. The second-order valence-electron chi connectivity index (χ2n) is 2.96. The van der Waals surface area contributed by atoms with Gasteiger partial charge in [-0.15, -0.1) is 0 Å². The fraction of sp³-hybridized carbons (Fsp3) is 0.500. The summed E-state index contributed by atoms with van der Waals surface area (Å²) in [7, 11) is 0. The van der Waals surface area contributed by atoms with Gasteiger partial charge in [-0.2, -0.15) is 0 Å². The highest BCUT2D eigenvalue weighted by Gasteiger charge is 1.97. The van der Waals surface area contributed by atoms with Gasteiger partial charge in [0.1, 0.15) is 0 Å². The minimum Gasteiger partial charge on any atom is -0.0900 e. The molecule has 0 aliphatic heterocycles. The van der Waals surface area contributed by atoms with Crippen LogP contribution in [-0.2, 0) is 0 Å². The second kappa shape index (κ2) is 4.45. The monoisotopic (exact) mass is 166 g/mol. The molecule has 0 aromatic heterocycles. The fourth-order valence-corrected chi connectivity index (χ4v) is 1.28. The summed E-state index contributed by atoms with van der Waals surface area (Å²) in [6.07, 6.45) is 11.4. The van der Waals surface area contributed by atoms with E-state index in [2.05, 4.69) is 18.2 Å². The molecule has 0 spiro atoms. The lowest BCUT2D eigenvalue weighted by Gasteiger charge is -2.05. The van der Waals surface area contributed by atoms with Gasteiger partial charge in [0.05, 0.1) is 0 Å². The highest BCUT2D eigenvalue weighted by molar-refractivity contribution is 7.80. The molecule has 0 heterocycles. The molecule has 0 saturated carbocycles. The summed E-state index contributed by atoms with van der Waals surface area (Å²) in [6, 6.07) is 0. The first kappa shape index (κ1) is 8.66. The van der Waals surface area contributed by atoms with Crippen molar-refractivity contribution >= 4 is 17.1 Å². The van der Waals surface area contributed by atoms with Crippen molar-refractivity contribution in [1.82, 2.24) is 0 Å². The van der Waals surface area contributed by atoms with Crippen LogP contribution in [-0.4, -0.2) is 4.86 Å². The van der Waals surface area contributed by atoms with Crippen molar-refractivity contribution in [3.05, 3.63) is 23.8 Å². The topological polar surface area (TPSA) is 0 Å². The molecule has 0 fully saturated rings. The molecule has 1 rings (SSSR count). The van der Waals surface area contributed by atoms with Gasteiger partial charge in [-0.25, -0.2) is 0 Å². The van der Waals surface area contributed by atoms with E-state index < -0.39 is 0 Å². The van der Waals surface area contributed by atoms with Gasteiger partial charge < -0.3 is 0 Å². The number of thiocarbonyl (C=S) groups is 1. The van der Waals surface area contributed by atoms with Gasteiger partial charge >= 0.3 is 0 Å². The van der Waals surface area contributed by atoms with Crippen LogP contribution in [0.15, 0.2) is 23.8 Å². The van der Waals surface area contributed by atoms with Crippen molar-refractivity contribution in [3.8, 4) is 0 Å². The van der Waals surface area contributed by atoms with Crippen LogP contribution in [0.5, 0.6) is 0 Å². The third-order valence-electron chi connectivity index (χ3n) is 1.84. The zero-order chi connectivity index (χ0) is 8.10. The first-order valence-electron chi connectivity index (χ1n) is 4.14. The lowest BCUT2D eigenvalue weighted by atomic mass is 10.0. The quantitative estimate of drug-likeness (QED) is 0.579. The van der Waals surface area contributed by atoms with Gasteiger partial charge in [-0.1, -0.05) is 36.0 Å². The molecule has 1 heteroatoms. The van der Waals surface area contributed by atoms with E-state index in [-0.39, 0.29) is 0 Å². The standard InChI is InChI=1S/C10H14S/c1-9(11)7-8-10-5-3-2-4-6-10/h3,5-6H,2,4,7-8H2,1H3. The number of rotatable bonds is 3. The molecule has 0 radical (unpaired) electrons. The van der Waals surface area contributed by atoms with Crippen LogP contribution in [0, 0.1) is 0 Å². The van der Waals surface area contributed by atoms with Crippen molar-refractivity contribution in [2.45, 2.75) is 32.6 Å². The number of hydrogen-bond acceptors (Lipinski definition) is 1. The van der Waals surface area contributed by atoms with Gasteiger partial charge in [0, 0.05) is 0 Å². The molecule has 0 saturated heterocycles. The summed E-state index contributed by atoms with van der Waals surface area (Å²) in [5.74, 6) is 0. The van der Waals surface area contributed by atoms with Crippen molar-refractivity contribution in [3.63, 3.8) is 0 Å². The summed E-state index contributed by atoms with van der Waals surface area (Å²) >= 11 is 5.01. The molecule has 0 aromatic rings. The van der Waals surface area contributed by atoms with Crippen molar-refractivity contribution in [2.24, 2.45) is 0 Å². The average Bonchev–Trinajstić information content (AvgIpc) is 2.03. The second-order valence-corrected chi connectivity index (χ2v) is 3.66. The van der Waals surface area contributed by atoms with Crippen LogP contribution in [0.3, 0.4) is 0 Å². The smallest absolute Gasteiger partial charge is 0.00992 e. The van der Waals surface area contributed by atoms with Gasteiger partial charge in [-0.3, -0.25) is 0 Å². The average molecular weight is 166 g/mol. The van der Waals surface area contributed by atoms with Gasteiger partial charge in [0.25, 0.3) is 0 Å². The number of hydrogen-bond donors (Lipinski definition) is 0. The highest BCUT2D eigenvalue weighted by atomic mass is 32.1. The van der Waals surface area contributed by atoms with E-state index in [1.54, 1.807) is 0 Å². The minimum absolute atomic E-state index is 1.06. The normalized spacial score (nSPS) is 16.3. The zero-order valence-electron chi connectivity index (χ0n) is 6.97. The van der Waals surface area contributed by atoms with E-state index in [1.807, 2.05) is 6.92 Å². The molecule has 0 amide bonds. The lowest BCUT2D eigenvalue weighted by Crippen LogP contribution is -1.90. The van der Waals surface area contributed by atoms with Crippen molar-refractivity contribution in [2.75, 3.05) is 0 Å². The Morgan fingerprint density at radius 1 is 1.55 bits per heavy atom. The van der Waals surface area contributed by atoms with Crippen molar-refractivity contribution < 1.29 is 0 Å². The van der Waals surface area contributed by atoms with E-state index in [0.29, 0.717) is 0 Å². The van der Waals surface area contributed by atoms with Gasteiger partial charge in [-0.05, 0) is 37.5 Å². The maximum Gasteiger partial charge on any atom is -0.00992 e. The van der Waals surface area contributed by atoms with Gasteiger partial charge in [0.2, 0.25) is 0 Å². The van der Waals surface area contributed by atoms with Gasteiger partial charge in [0.15, 0.2) is 0 Å². The molecule has 0 aromatic carbocycles. The molecule has 1 aliphatic rings. The van der Waals surface area contributed by atoms with E-state index >= 15 is 0 Å². The molecule has 0 bridgehead atoms. The maximum absolute atomic E-state index is 5.01. The Labute approximate surface area is 74.0 Å². The molecule has 11 heavy (non-hydrogen) atoms. The van der Waals surface area contributed by atoms with E-state index in [1.165, 1.54) is 18.4 Å².